The first-order valence-electron chi connectivity index (χ1n) is 9.85. The van der Waals surface area contributed by atoms with Gasteiger partial charge in [-0.25, -0.2) is 4.68 Å². The number of nitrogens with zero attached hydrogens (tertiary/aromatic N) is 2. The number of rotatable bonds is 8. The molecule has 0 aliphatic carbocycles. The number of ether oxygens (including phenoxy) is 2. The van der Waals surface area contributed by atoms with Crippen molar-refractivity contribution in [2.45, 2.75) is 13.3 Å². The minimum absolute atomic E-state index is 0.220. The topological polar surface area (TPSA) is 65.4 Å². The Hall–Kier alpha value is -3.00. The van der Waals surface area contributed by atoms with E-state index in [-0.39, 0.29) is 19.2 Å². The van der Waals surface area contributed by atoms with Gasteiger partial charge in [0, 0.05) is 15.1 Å². The van der Waals surface area contributed by atoms with Gasteiger partial charge in [0.1, 0.15) is 18.1 Å². The quantitative estimate of drug-likeness (QED) is 0.263. The summed E-state index contributed by atoms with van der Waals surface area (Å²) in [5.41, 5.74) is 1.89. The van der Waals surface area contributed by atoms with Gasteiger partial charge in [0.25, 0.3) is 5.91 Å². The van der Waals surface area contributed by atoms with Crippen LogP contribution in [0.2, 0.25) is 10.0 Å². The SMILES string of the molecule is O=C(Nc1cnn(COc2ccc(Br)cc2)c1)c1cccc(COc2ccc(Cl)cc2Cl)c1. The first kappa shape index (κ1) is 23.2. The summed E-state index contributed by atoms with van der Waals surface area (Å²) in [4.78, 5) is 12.7. The Balaban J connectivity index is 1.33. The number of hydrogen-bond donors (Lipinski definition) is 1. The summed E-state index contributed by atoms with van der Waals surface area (Å²) >= 11 is 15.4. The molecule has 1 aromatic heterocycles. The molecule has 0 radical (unpaired) electrons. The molecule has 0 bridgehead atoms. The first-order chi connectivity index (χ1) is 16.0. The normalized spacial score (nSPS) is 10.6. The van der Waals surface area contributed by atoms with Crippen LogP contribution in [0.3, 0.4) is 0 Å². The monoisotopic (exact) mass is 545 g/mol. The van der Waals surface area contributed by atoms with Crippen molar-refractivity contribution in [3.05, 3.63) is 105 Å². The van der Waals surface area contributed by atoms with Crippen LogP contribution in [0.4, 0.5) is 5.69 Å². The summed E-state index contributed by atoms with van der Waals surface area (Å²) in [6.45, 7) is 0.478. The largest absolute Gasteiger partial charge is 0.487 e. The van der Waals surface area contributed by atoms with Gasteiger partial charge in [0.05, 0.1) is 23.1 Å². The van der Waals surface area contributed by atoms with Crippen LogP contribution < -0.4 is 14.8 Å². The summed E-state index contributed by atoms with van der Waals surface area (Å²) in [6, 6.07) is 19.7. The third-order valence-corrected chi connectivity index (χ3v) is 5.60. The second-order valence-electron chi connectivity index (χ2n) is 7.01. The fraction of sp³-hybridized carbons (Fsp3) is 0.0833. The van der Waals surface area contributed by atoms with E-state index < -0.39 is 0 Å². The zero-order chi connectivity index (χ0) is 23.2. The average molecular weight is 547 g/mol. The van der Waals surface area contributed by atoms with Crippen molar-refractivity contribution in [1.82, 2.24) is 9.78 Å². The van der Waals surface area contributed by atoms with Crippen LogP contribution >= 0.6 is 39.1 Å². The van der Waals surface area contributed by atoms with Crippen molar-refractivity contribution in [2.24, 2.45) is 0 Å². The number of anilines is 1. The van der Waals surface area contributed by atoms with Crippen LogP contribution in [0.25, 0.3) is 0 Å². The first-order valence-corrected chi connectivity index (χ1v) is 11.4. The highest BCUT2D eigenvalue weighted by molar-refractivity contribution is 9.10. The van der Waals surface area contributed by atoms with Crippen LogP contribution in [-0.2, 0) is 13.3 Å². The predicted octanol–water partition coefficient (Wildman–Crippen LogP) is 6.82. The third kappa shape index (κ3) is 6.51. The lowest BCUT2D eigenvalue weighted by Gasteiger charge is -2.09. The zero-order valence-electron chi connectivity index (χ0n) is 17.2. The van der Waals surface area contributed by atoms with Crippen molar-refractivity contribution in [1.29, 1.82) is 0 Å². The second kappa shape index (κ2) is 10.7. The van der Waals surface area contributed by atoms with Gasteiger partial charge in [0.2, 0.25) is 0 Å². The van der Waals surface area contributed by atoms with Crippen LogP contribution in [0.15, 0.2) is 83.6 Å². The second-order valence-corrected chi connectivity index (χ2v) is 8.77. The molecule has 168 valence electrons. The third-order valence-electron chi connectivity index (χ3n) is 4.55. The fourth-order valence-electron chi connectivity index (χ4n) is 2.93. The lowest BCUT2D eigenvalue weighted by atomic mass is 10.1. The molecule has 0 unspecified atom stereocenters. The van der Waals surface area contributed by atoms with E-state index in [4.69, 9.17) is 32.7 Å². The van der Waals surface area contributed by atoms with Gasteiger partial charge < -0.3 is 14.8 Å². The van der Waals surface area contributed by atoms with E-state index in [0.29, 0.717) is 27.0 Å². The van der Waals surface area contributed by atoms with Gasteiger partial charge in [-0.15, -0.1) is 0 Å². The van der Waals surface area contributed by atoms with E-state index in [9.17, 15) is 4.79 Å². The molecule has 9 heteroatoms. The zero-order valence-corrected chi connectivity index (χ0v) is 20.3. The van der Waals surface area contributed by atoms with Crippen LogP contribution in [0, 0.1) is 0 Å². The number of aromatic nitrogens is 2. The maximum Gasteiger partial charge on any atom is 0.255 e. The van der Waals surface area contributed by atoms with Gasteiger partial charge in [0.15, 0.2) is 6.73 Å². The van der Waals surface area contributed by atoms with Crippen molar-refractivity contribution in [2.75, 3.05) is 5.32 Å². The van der Waals surface area contributed by atoms with E-state index >= 15 is 0 Å². The minimum atomic E-state index is -0.255. The molecule has 4 aromatic rings. The maximum atomic E-state index is 12.7. The molecular formula is C24H18BrCl2N3O3. The van der Waals surface area contributed by atoms with E-state index in [0.717, 1.165) is 15.8 Å². The fourth-order valence-corrected chi connectivity index (χ4v) is 3.66. The molecule has 0 atom stereocenters. The lowest BCUT2D eigenvalue weighted by molar-refractivity contribution is 0.102. The van der Waals surface area contributed by atoms with Gasteiger partial charge >= 0.3 is 0 Å². The number of nitrogens with one attached hydrogen (secondary N) is 1. The average Bonchev–Trinajstić information content (AvgIpc) is 3.25. The number of hydrogen-bond acceptors (Lipinski definition) is 4. The number of benzene rings is 3. The molecule has 0 saturated heterocycles. The highest BCUT2D eigenvalue weighted by Crippen LogP contribution is 2.28. The predicted molar refractivity (Wildman–Crippen MR) is 132 cm³/mol. The standard InChI is InChI=1S/C24H18BrCl2N3O3/c25-18-4-7-21(8-5-18)33-15-30-13-20(12-28-30)29-24(31)17-3-1-2-16(10-17)14-32-23-9-6-19(26)11-22(23)27/h1-13H,14-15H2,(H,29,31). The van der Waals surface area contributed by atoms with Gasteiger partial charge in [-0.2, -0.15) is 5.10 Å². The summed E-state index contributed by atoms with van der Waals surface area (Å²) in [5, 5.41) is 8.02. The molecule has 1 amide bonds. The Bertz CT molecular complexity index is 1260. The number of carbonyl (C=O) groups excluding carboxylic acids is 1. The van der Waals surface area contributed by atoms with E-state index in [1.54, 1.807) is 53.5 Å². The van der Waals surface area contributed by atoms with Crippen molar-refractivity contribution >= 4 is 50.7 Å². The highest BCUT2D eigenvalue weighted by Gasteiger charge is 2.10. The Morgan fingerprint density at radius 2 is 1.85 bits per heavy atom. The molecule has 0 aliphatic rings. The Morgan fingerprint density at radius 3 is 2.64 bits per heavy atom. The van der Waals surface area contributed by atoms with Crippen molar-refractivity contribution in [3.63, 3.8) is 0 Å². The van der Waals surface area contributed by atoms with Gasteiger partial charge in [-0.05, 0) is 60.2 Å². The van der Waals surface area contributed by atoms with Crippen LogP contribution in [-0.4, -0.2) is 15.7 Å². The highest BCUT2D eigenvalue weighted by atomic mass is 79.9. The molecule has 0 fully saturated rings. The molecule has 0 saturated carbocycles. The summed E-state index contributed by atoms with van der Waals surface area (Å²) in [5.74, 6) is 0.988. The van der Waals surface area contributed by atoms with E-state index in [2.05, 4.69) is 26.3 Å². The minimum Gasteiger partial charge on any atom is -0.487 e. The molecule has 0 spiro atoms. The number of carbonyl (C=O) groups is 1. The molecule has 3 aromatic carbocycles. The Morgan fingerprint density at radius 1 is 1.03 bits per heavy atom. The van der Waals surface area contributed by atoms with Crippen LogP contribution in [0.5, 0.6) is 11.5 Å². The van der Waals surface area contributed by atoms with E-state index in [1.807, 2.05) is 30.3 Å². The number of halogens is 3. The molecule has 1 heterocycles. The van der Waals surface area contributed by atoms with E-state index in [1.165, 1.54) is 0 Å². The van der Waals surface area contributed by atoms with Crippen LogP contribution in [0.1, 0.15) is 15.9 Å². The molecule has 4 rings (SSSR count). The molecular weight excluding hydrogens is 529 g/mol. The van der Waals surface area contributed by atoms with Gasteiger partial charge in [-0.3, -0.25) is 4.79 Å². The number of amides is 1. The molecule has 33 heavy (non-hydrogen) atoms. The lowest BCUT2D eigenvalue weighted by Crippen LogP contribution is -2.12. The molecule has 0 aliphatic heterocycles. The Kier molecular flexibility index (Phi) is 7.54. The van der Waals surface area contributed by atoms with Gasteiger partial charge in [-0.1, -0.05) is 51.3 Å². The Labute approximate surface area is 209 Å². The smallest absolute Gasteiger partial charge is 0.255 e. The summed E-state index contributed by atoms with van der Waals surface area (Å²) < 4.78 is 14.0. The van der Waals surface area contributed by atoms with Crippen molar-refractivity contribution < 1.29 is 14.3 Å². The summed E-state index contributed by atoms with van der Waals surface area (Å²) in [7, 11) is 0. The summed E-state index contributed by atoms with van der Waals surface area (Å²) in [6.07, 6.45) is 3.27. The maximum absolute atomic E-state index is 12.7. The van der Waals surface area contributed by atoms with Crippen molar-refractivity contribution in [3.8, 4) is 11.5 Å². The molecule has 1 N–H and O–H groups in total. The molecule has 6 nitrogen and oxygen atoms in total.